The number of ketones is 1. The maximum atomic E-state index is 12.9. The van der Waals surface area contributed by atoms with Gasteiger partial charge in [-0.1, -0.05) is 30.7 Å². The van der Waals surface area contributed by atoms with Crippen LogP contribution in [-0.2, 0) is 11.2 Å². The smallest absolute Gasteiger partial charge is 0.169 e. The van der Waals surface area contributed by atoms with Crippen LogP contribution in [0.4, 0.5) is 0 Å². The average Bonchev–Trinajstić information content (AvgIpc) is 3.08. The van der Waals surface area contributed by atoms with Crippen LogP contribution in [0.1, 0.15) is 37.3 Å². The minimum Gasteiger partial charge on any atom is -0.511 e. The predicted molar refractivity (Wildman–Crippen MR) is 99.4 cm³/mol. The standard InChI is InChI=1S/C21H20ClNO2/c1-2-12-3-4-13(16-7-8-18(22)23-11-16)10-17(12)19-20(24)14-5-6-15(9-14)21(19)25/h3-4,7-8,10-11,14-15,24H,2,5-6,9H2,1H3/t14-,15+/m0/s1. The van der Waals surface area contributed by atoms with Gasteiger partial charge in [-0.15, -0.1) is 0 Å². The predicted octanol–water partition coefficient (Wildman–Crippen LogP) is 5.23. The first-order chi connectivity index (χ1) is 12.1. The first-order valence-corrected chi connectivity index (χ1v) is 9.18. The lowest BCUT2D eigenvalue weighted by Gasteiger charge is -2.23. The molecule has 0 saturated heterocycles. The van der Waals surface area contributed by atoms with Crippen molar-refractivity contribution in [3.05, 3.63) is 58.6 Å². The molecule has 2 aliphatic rings. The highest BCUT2D eigenvalue weighted by atomic mass is 35.5. The molecule has 4 heteroatoms. The summed E-state index contributed by atoms with van der Waals surface area (Å²) in [5.41, 5.74) is 4.41. The molecule has 128 valence electrons. The third-order valence-electron chi connectivity index (χ3n) is 5.51. The zero-order valence-corrected chi connectivity index (χ0v) is 14.9. The van der Waals surface area contributed by atoms with Crippen molar-refractivity contribution in [2.75, 3.05) is 0 Å². The number of nitrogens with zero attached hydrogens (tertiary/aromatic N) is 1. The summed E-state index contributed by atoms with van der Waals surface area (Å²) in [7, 11) is 0. The van der Waals surface area contributed by atoms with Crippen LogP contribution in [0.2, 0.25) is 5.15 Å². The van der Waals surface area contributed by atoms with Crippen LogP contribution < -0.4 is 0 Å². The van der Waals surface area contributed by atoms with Gasteiger partial charge in [0.1, 0.15) is 10.9 Å². The van der Waals surface area contributed by atoms with Crippen LogP contribution in [0.3, 0.4) is 0 Å². The summed E-state index contributed by atoms with van der Waals surface area (Å²) in [6.45, 7) is 2.07. The molecule has 1 heterocycles. The molecule has 2 aliphatic carbocycles. The van der Waals surface area contributed by atoms with Gasteiger partial charge in [0.05, 0.1) is 5.57 Å². The topological polar surface area (TPSA) is 50.2 Å². The summed E-state index contributed by atoms with van der Waals surface area (Å²) in [6, 6.07) is 9.77. The quantitative estimate of drug-likeness (QED) is 0.768. The highest BCUT2D eigenvalue weighted by Gasteiger charge is 2.41. The van der Waals surface area contributed by atoms with E-state index >= 15 is 0 Å². The third kappa shape index (κ3) is 2.77. The summed E-state index contributed by atoms with van der Waals surface area (Å²) in [6.07, 6.45) is 5.14. The molecule has 0 aliphatic heterocycles. The number of benzene rings is 1. The number of pyridine rings is 1. The maximum Gasteiger partial charge on any atom is 0.169 e. The first-order valence-electron chi connectivity index (χ1n) is 8.81. The van der Waals surface area contributed by atoms with Crippen molar-refractivity contribution in [3.8, 4) is 11.1 Å². The summed E-state index contributed by atoms with van der Waals surface area (Å²) in [5.74, 6) is 0.608. The Hall–Kier alpha value is -2.13. The van der Waals surface area contributed by atoms with Gasteiger partial charge in [0, 0.05) is 23.6 Å². The second kappa shape index (κ2) is 6.30. The van der Waals surface area contributed by atoms with Gasteiger partial charge in [-0.25, -0.2) is 4.98 Å². The van der Waals surface area contributed by atoms with Crippen molar-refractivity contribution < 1.29 is 9.90 Å². The van der Waals surface area contributed by atoms with Crippen LogP contribution in [-0.4, -0.2) is 15.9 Å². The Balaban J connectivity index is 1.86. The van der Waals surface area contributed by atoms with Gasteiger partial charge in [-0.05, 0) is 60.6 Å². The van der Waals surface area contributed by atoms with E-state index < -0.39 is 0 Å². The molecule has 2 bridgehead atoms. The van der Waals surface area contributed by atoms with Crippen molar-refractivity contribution in [3.63, 3.8) is 0 Å². The molecule has 1 saturated carbocycles. The van der Waals surface area contributed by atoms with Gasteiger partial charge >= 0.3 is 0 Å². The van der Waals surface area contributed by atoms with Crippen LogP contribution >= 0.6 is 11.6 Å². The Bertz CT molecular complexity index is 870. The number of rotatable bonds is 3. The molecule has 3 nitrogen and oxygen atoms in total. The third-order valence-corrected chi connectivity index (χ3v) is 5.74. The molecular weight excluding hydrogens is 334 g/mol. The van der Waals surface area contributed by atoms with Crippen LogP contribution in [0, 0.1) is 11.8 Å². The number of carbonyl (C=O) groups is 1. The molecule has 4 rings (SSSR count). The molecular formula is C21H20ClNO2. The number of aliphatic hydroxyl groups excluding tert-OH is 1. The van der Waals surface area contributed by atoms with E-state index in [1.54, 1.807) is 12.3 Å². The van der Waals surface area contributed by atoms with Crippen LogP contribution in [0.15, 0.2) is 42.3 Å². The van der Waals surface area contributed by atoms with Gasteiger partial charge in [0.25, 0.3) is 0 Å². The van der Waals surface area contributed by atoms with E-state index in [-0.39, 0.29) is 17.6 Å². The fourth-order valence-electron chi connectivity index (χ4n) is 4.12. The monoisotopic (exact) mass is 353 g/mol. The highest BCUT2D eigenvalue weighted by molar-refractivity contribution is 6.29. The SMILES string of the molecule is CCc1ccc(-c2ccc(Cl)nc2)cc1C1=C(O)[C@H]2CC[C@H](C2)C1=O. The van der Waals surface area contributed by atoms with E-state index in [1.807, 2.05) is 24.3 Å². The number of Topliss-reactive ketones (excluding diaryl/α,β-unsaturated/α-hetero) is 1. The van der Waals surface area contributed by atoms with Crippen molar-refractivity contribution >= 4 is 23.0 Å². The van der Waals surface area contributed by atoms with E-state index in [4.69, 9.17) is 11.6 Å². The summed E-state index contributed by atoms with van der Waals surface area (Å²) < 4.78 is 0. The minimum absolute atomic E-state index is 0.0708. The van der Waals surface area contributed by atoms with E-state index in [2.05, 4.69) is 11.9 Å². The van der Waals surface area contributed by atoms with Gasteiger partial charge in [-0.2, -0.15) is 0 Å². The Morgan fingerprint density at radius 3 is 2.64 bits per heavy atom. The molecule has 1 aromatic heterocycles. The van der Waals surface area contributed by atoms with Crippen molar-refractivity contribution in [1.82, 2.24) is 4.98 Å². The summed E-state index contributed by atoms with van der Waals surface area (Å²) in [5, 5.41) is 11.2. The molecule has 2 atom stereocenters. The lowest BCUT2D eigenvalue weighted by molar-refractivity contribution is -0.117. The molecule has 1 N–H and O–H groups in total. The molecule has 0 amide bonds. The molecule has 2 aromatic rings. The zero-order chi connectivity index (χ0) is 17.6. The second-order valence-corrected chi connectivity index (χ2v) is 7.31. The number of allylic oxidation sites excluding steroid dienone is 2. The van der Waals surface area contributed by atoms with Gasteiger partial charge in [-0.3, -0.25) is 4.79 Å². The number of aliphatic hydroxyl groups is 1. The number of carbonyl (C=O) groups excluding carboxylic acids is 1. The molecule has 1 aromatic carbocycles. The Morgan fingerprint density at radius 1 is 1.16 bits per heavy atom. The van der Waals surface area contributed by atoms with Crippen LogP contribution in [0.5, 0.6) is 0 Å². The molecule has 0 spiro atoms. The Kier molecular flexibility index (Phi) is 4.12. The van der Waals surface area contributed by atoms with Gasteiger partial charge in [0.15, 0.2) is 5.78 Å². The number of fused-ring (bicyclic) bond motifs is 2. The van der Waals surface area contributed by atoms with Crippen molar-refractivity contribution in [2.24, 2.45) is 11.8 Å². The van der Waals surface area contributed by atoms with Crippen molar-refractivity contribution in [1.29, 1.82) is 0 Å². The van der Waals surface area contributed by atoms with Gasteiger partial charge < -0.3 is 5.11 Å². The molecule has 25 heavy (non-hydrogen) atoms. The lowest BCUT2D eigenvalue weighted by Crippen LogP contribution is -2.22. The van der Waals surface area contributed by atoms with Crippen LogP contribution in [0.25, 0.3) is 16.7 Å². The van der Waals surface area contributed by atoms with E-state index in [0.717, 1.165) is 47.9 Å². The number of aryl methyl sites for hydroxylation is 1. The van der Waals surface area contributed by atoms with E-state index in [0.29, 0.717) is 16.5 Å². The molecule has 1 fully saturated rings. The average molecular weight is 354 g/mol. The second-order valence-electron chi connectivity index (χ2n) is 6.93. The lowest BCUT2D eigenvalue weighted by atomic mass is 9.81. The number of hydrogen-bond donors (Lipinski definition) is 1. The minimum atomic E-state index is 0.0708. The van der Waals surface area contributed by atoms with Gasteiger partial charge in [0.2, 0.25) is 0 Å². The Labute approximate surface area is 152 Å². The largest absolute Gasteiger partial charge is 0.511 e. The number of halogens is 1. The number of aromatic nitrogens is 1. The van der Waals surface area contributed by atoms with E-state index in [9.17, 15) is 9.90 Å². The fraction of sp³-hybridized carbons (Fsp3) is 0.333. The maximum absolute atomic E-state index is 12.9. The Morgan fingerprint density at radius 2 is 1.92 bits per heavy atom. The van der Waals surface area contributed by atoms with E-state index in [1.165, 1.54) is 0 Å². The highest BCUT2D eigenvalue weighted by Crippen LogP contribution is 2.46. The van der Waals surface area contributed by atoms with Crippen molar-refractivity contribution in [2.45, 2.75) is 32.6 Å². The molecule has 0 radical (unpaired) electrons. The normalized spacial score (nSPS) is 22.6. The zero-order valence-electron chi connectivity index (χ0n) is 14.1. The number of hydrogen-bond acceptors (Lipinski definition) is 3. The molecule has 0 unspecified atom stereocenters. The summed E-state index contributed by atoms with van der Waals surface area (Å²) >= 11 is 5.88. The fourth-order valence-corrected chi connectivity index (χ4v) is 4.23. The summed E-state index contributed by atoms with van der Waals surface area (Å²) in [4.78, 5) is 17.0. The first kappa shape index (κ1) is 16.3.